The van der Waals surface area contributed by atoms with Crippen LogP contribution in [0.2, 0.25) is 0 Å². The largest absolute Gasteiger partial charge is 0.339 e. The number of thiophene rings is 1. The molecule has 0 atom stereocenters. The van der Waals surface area contributed by atoms with E-state index < -0.39 is 0 Å². The fraction of sp³-hybridized carbons (Fsp3) is 0.0500. The van der Waals surface area contributed by atoms with Gasteiger partial charge in [-0.3, -0.25) is 0 Å². The molecule has 0 radical (unpaired) electrons. The van der Waals surface area contributed by atoms with Crippen molar-refractivity contribution in [3.05, 3.63) is 65.8 Å². The molecule has 3 aromatic heterocycles. The second-order valence-corrected chi connectivity index (χ2v) is 7.02. The molecule has 6 heteroatoms. The number of hydrogen-bond donors (Lipinski definition) is 2. The van der Waals surface area contributed by atoms with E-state index >= 15 is 0 Å². The Bertz CT molecular complexity index is 1220. The van der Waals surface area contributed by atoms with E-state index in [1.54, 1.807) is 17.7 Å². The van der Waals surface area contributed by atoms with Crippen molar-refractivity contribution in [3.8, 4) is 11.4 Å². The van der Waals surface area contributed by atoms with E-state index in [0.29, 0.717) is 0 Å². The number of rotatable bonds is 3. The van der Waals surface area contributed by atoms with Gasteiger partial charge in [-0.15, -0.1) is 21.5 Å². The van der Waals surface area contributed by atoms with E-state index in [4.69, 9.17) is 4.98 Å². The molecule has 0 aliphatic rings. The van der Waals surface area contributed by atoms with Crippen LogP contribution < -0.4 is 5.32 Å². The number of nitrogens with zero attached hydrogens (tertiary/aromatic N) is 3. The molecule has 0 aliphatic carbocycles. The summed E-state index contributed by atoms with van der Waals surface area (Å²) in [5, 5.41) is 16.0. The molecule has 5 nitrogen and oxygen atoms in total. The number of nitrogens with one attached hydrogen (secondary N) is 2. The summed E-state index contributed by atoms with van der Waals surface area (Å²) >= 11 is 1.70. The summed E-state index contributed by atoms with van der Waals surface area (Å²) < 4.78 is 1.15. The third-order valence-corrected chi connectivity index (χ3v) is 5.42. The molecule has 0 spiro atoms. The molecular formula is C20H15N5S. The third-order valence-electron chi connectivity index (χ3n) is 4.50. The summed E-state index contributed by atoms with van der Waals surface area (Å²) in [5.74, 6) is 1.59. The fourth-order valence-corrected chi connectivity index (χ4v) is 4.06. The Balaban J connectivity index is 1.79. The Morgan fingerprint density at radius 3 is 2.77 bits per heavy atom. The summed E-state index contributed by atoms with van der Waals surface area (Å²) in [4.78, 5) is 8.07. The van der Waals surface area contributed by atoms with Gasteiger partial charge in [-0.2, -0.15) is 0 Å². The van der Waals surface area contributed by atoms with E-state index in [0.717, 1.165) is 38.5 Å². The standard InChI is InChI=1S/C20H15N5S/c1-12-5-2-3-8-16(12)23-20-18-14(9-10-26-18)13-6-4-7-15(17(13)24-20)19-21-11-22-25-19/h2-11H,1H3,(H,23,24)(H,21,22,25). The normalized spacial score (nSPS) is 11.3. The van der Waals surface area contributed by atoms with Gasteiger partial charge in [-0.25, -0.2) is 4.98 Å². The average Bonchev–Trinajstić information content (AvgIpc) is 3.35. The first kappa shape index (κ1) is 15.0. The SMILES string of the molecule is Cc1ccccc1Nc1nc2c(-c3nnc[nH]3)cccc2c2ccsc12. The Morgan fingerprint density at radius 1 is 1.00 bits per heavy atom. The second-order valence-electron chi connectivity index (χ2n) is 6.10. The molecule has 0 saturated carbocycles. The molecule has 0 aliphatic heterocycles. The van der Waals surface area contributed by atoms with Crippen LogP contribution in [0.15, 0.2) is 60.2 Å². The molecule has 5 aromatic rings. The van der Waals surface area contributed by atoms with Gasteiger partial charge < -0.3 is 10.3 Å². The number of aryl methyl sites for hydroxylation is 1. The average molecular weight is 357 g/mol. The maximum Gasteiger partial charge on any atom is 0.163 e. The van der Waals surface area contributed by atoms with Gasteiger partial charge in [-0.1, -0.05) is 30.3 Å². The van der Waals surface area contributed by atoms with E-state index in [1.807, 2.05) is 24.3 Å². The fourth-order valence-electron chi connectivity index (χ4n) is 3.20. The molecule has 0 unspecified atom stereocenters. The number of aromatic amines is 1. The molecule has 0 fully saturated rings. The van der Waals surface area contributed by atoms with Crippen LogP contribution in [0.5, 0.6) is 0 Å². The summed E-state index contributed by atoms with van der Waals surface area (Å²) in [5.41, 5.74) is 4.10. The number of aromatic nitrogens is 4. The molecule has 126 valence electrons. The van der Waals surface area contributed by atoms with Crippen LogP contribution in [0.25, 0.3) is 32.4 Å². The lowest BCUT2D eigenvalue weighted by atomic mass is 10.1. The van der Waals surface area contributed by atoms with Gasteiger partial charge in [0.25, 0.3) is 0 Å². The lowest BCUT2D eigenvalue weighted by Crippen LogP contribution is -1.97. The van der Waals surface area contributed by atoms with Gasteiger partial charge in [-0.05, 0) is 36.1 Å². The number of pyridine rings is 1. The Hall–Kier alpha value is -3.25. The van der Waals surface area contributed by atoms with Crippen molar-refractivity contribution in [1.29, 1.82) is 0 Å². The van der Waals surface area contributed by atoms with Crippen LogP contribution in [-0.2, 0) is 0 Å². The number of fused-ring (bicyclic) bond motifs is 3. The van der Waals surface area contributed by atoms with Crippen molar-refractivity contribution in [2.24, 2.45) is 0 Å². The minimum Gasteiger partial charge on any atom is -0.339 e. The molecule has 26 heavy (non-hydrogen) atoms. The van der Waals surface area contributed by atoms with Crippen LogP contribution >= 0.6 is 11.3 Å². The van der Waals surface area contributed by atoms with Crippen LogP contribution in [-0.4, -0.2) is 20.2 Å². The van der Waals surface area contributed by atoms with E-state index in [2.05, 4.69) is 57.1 Å². The number of anilines is 2. The zero-order valence-electron chi connectivity index (χ0n) is 14.0. The zero-order chi connectivity index (χ0) is 17.5. The summed E-state index contributed by atoms with van der Waals surface area (Å²) in [6.45, 7) is 2.09. The van der Waals surface area contributed by atoms with Gasteiger partial charge in [0.05, 0.1) is 10.2 Å². The molecular weight excluding hydrogens is 342 g/mol. The number of H-pyrrole nitrogens is 1. The quantitative estimate of drug-likeness (QED) is 0.461. The molecule has 0 saturated heterocycles. The molecule has 5 rings (SSSR count). The monoisotopic (exact) mass is 357 g/mol. The lowest BCUT2D eigenvalue weighted by Gasteiger charge is -2.12. The first-order chi connectivity index (χ1) is 12.8. The van der Waals surface area contributed by atoms with Crippen LogP contribution in [0.1, 0.15) is 5.56 Å². The number of para-hydroxylation sites is 2. The Labute approximate surface area is 153 Å². The highest BCUT2D eigenvalue weighted by Gasteiger charge is 2.15. The Kier molecular flexibility index (Phi) is 3.43. The van der Waals surface area contributed by atoms with Crippen molar-refractivity contribution >= 4 is 43.8 Å². The van der Waals surface area contributed by atoms with Crippen LogP contribution in [0.3, 0.4) is 0 Å². The molecule has 2 aromatic carbocycles. The smallest absolute Gasteiger partial charge is 0.163 e. The molecule has 0 bridgehead atoms. The zero-order valence-corrected chi connectivity index (χ0v) is 14.8. The summed E-state index contributed by atoms with van der Waals surface area (Å²) in [7, 11) is 0. The van der Waals surface area contributed by atoms with Gasteiger partial charge in [0.1, 0.15) is 12.1 Å². The molecule has 2 N–H and O–H groups in total. The second kappa shape index (κ2) is 5.93. The van der Waals surface area contributed by atoms with Crippen molar-refractivity contribution < 1.29 is 0 Å². The van der Waals surface area contributed by atoms with Crippen molar-refractivity contribution in [1.82, 2.24) is 20.2 Å². The Morgan fingerprint density at radius 2 is 1.92 bits per heavy atom. The maximum absolute atomic E-state index is 4.98. The van der Waals surface area contributed by atoms with E-state index in [9.17, 15) is 0 Å². The van der Waals surface area contributed by atoms with E-state index in [1.165, 1.54) is 10.9 Å². The van der Waals surface area contributed by atoms with Gasteiger partial charge >= 0.3 is 0 Å². The number of hydrogen-bond acceptors (Lipinski definition) is 5. The summed E-state index contributed by atoms with van der Waals surface area (Å²) in [6.07, 6.45) is 1.59. The van der Waals surface area contributed by atoms with Crippen molar-refractivity contribution in [2.45, 2.75) is 6.92 Å². The van der Waals surface area contributed by atoms with Gasteiger partial charge in [0.15, 0.2) is 5.82 Å². The minimum absolute atomic E-state index is 0.722. The highest BCUT2D eigenvalue weighted by atomic mass is 32.1. The molecule has 0 amide bonds. The summed E-state index contributed by atoms with van der Waals surface area (Å²) in [6, 6.07) is 16.5. The predicted octanol–water partition coefficient (Wildman–Crippen LogP) is 5.29. The first-order valence-corrected chi connectivity index (χ1v) is 9.18. The van der Waals surface area contributed by atoms with Crippen molar-refractivity contribution in [2.75, 3.05) is 5.32 Å². The highest BCUT2D eigenvalue weighted by Crippen LogP contribution is 2.37. The van der Waals surface area contributed by atoms with Gasteiger partial charge in [0.2, 0.25) is 0 Å². The first-order valence-electron chi connectivity index (χ1n) is 8.30. The van der Waals surface area contributed by atoms with Crippen LogP contribution in [0.4, 0.5) is 11.5 Å². The van der Waals surface area contributed by atoms with Crippen LogP contribution in [0, 0.1) is 6.92 Å². The predicted molar refractivity (Wildman–Crippen MR) is 107 cm³/mol. The highest BCUT2D eigenvalue weighted by molar-refractivity contribution is 7.18. The lowest BCUT2D eigenvalue weighted by molar-refractivity contribution is 1.10. The number of benzene rings is 2. The minimum atomic E-state index is 0.722. The third kappa shape index (κ3) is 2.34. The topological polar surface area (TPSA) is 66.5 Å². The van der Waals surface area contributed by atoms with Crippen molar-refractivity contribution in [3.63, 3.8) is 0 Å². The maximum atomic E-state index is 4.98. The van der Waals surface area contributed by atoms with E-state index in [-0.39, 0.29) is 0 Å². The van der Waals surface area contributed by atoms with Gasteiger partial charge in [0, 0.05) is 22.0 Å². The molecule has 3 heterocycles.